The maximum atomic E-state index is 11.9. The first-order valence-corrected chi connectivity index (χ1v) is 14.7. The summed E-state index contributed by atoms with van der Waals surface area (Å²) >= 11 is 0. The molecule has 0 radical (unpaired) electrons. The summed E-state index contributed by atoms with van der Waals surface area (Å²) in [6.45, 7) is 10.4. The third-order valence-corrected chi connectivity index (χ3v) is 6.69. The molecule has 0 saturated carbocycles. The Morgan fingerprint density at radius 2 is 0.810 bits per heavy atom. The Labute approximate surface area is 247 Å². The number of rotatable bonds is 5. The van der Waals surface area contributed by atoms with E-state index in [1.807, 2.05) is 0 Å². The molecule has 2 fully saturated rings. The van der Waals surface area contributed by atoms with Gasteiger partial charge in [-0.2, -0.15) is 0 Å². The molecule has 42 heavy (non-hydrogen) atoms. The van der Waals surface area contributed by atoms with Crippen molar-refractivity contribution in [3.05, 3.63) is 33.4 Å². The molecule has 0 spiro atoms. The first-order valence-electron chi connectivity index (χ1n) is 14.7. The fourth-order valence-corrected chi connectivity index (χ4v) is 4.41. The van der Waals surface area contributed by atoms with Crippen molar-refractivity contribution in [2.75, 3.05) is 132 Å². The van der Waals surface area contributed by atoms with E-state index in [1.165, 1.54) is 12.1 Å². The number of nitrogens with zero attached hydrogens (tertiary/aromatic N) is 3. The molecule has 14 nitrogen and oxygen atoms in total. The van der Waals surface area contributed by atoms with Crippen molar-refractivity contribution >= 4 is 5.69 Å². The summed E-state index contributed by atoms with van der Waals surface area (Å²) < 4.78 is 44.8. The number of ether oxygens (including phenoxy) is 8. The van der Waals surface area contributed by atoms with Crippen molar-refractivity contribution in [2.45, 2.75) is 13.1 Å². The molecule has 0 amide bonds. The number of hydrogen-bond acceptors (Lipinski definition) is 13. The second-order valence-corrected chi connectivity index (χ2v) is 9.82. The molecule has 2 saturated heterocycles. The van der Waals surface area contributed by atoms with Crippen LogP contribution in [0.1, 0.15) is 11.1 Å². The van der Waals surface area contributed by atoms with E-state index >= 15 is 0 Å². The minimum Gasteiger partial charge on any atom is -0.507 e. The van der Waals surface area contributed by atoms with Crippen LogP contribution in [0, 0.1) is 10.1 Å². The summed E-state index contributed by atoms with van der Waals surface area (Å²) in [6, 6.07) is 2.88. The number of hydrogen-bond donors (Lipinski definition) is 1. The van der Waals surface area contributed by atoms with Gasteiger partial charge in [0.25, 0.3) is 5.69 Å². The van der Waals surface area contributed by atoms with Crippen LogP contribution in [0.3, 0.4) is 0 Å². The van der Waals surface area contributed by atoms with Crippen LogP contribution in [0.4, 0.5) is 5.69 Å². The van der Waals surface area contributed by atoms with Crippen LogP contribution in [-0.2, 0) is 51.0 Å². The van der Waals surface area contributed by atoms with Crippen LogP contribution >= 0.6 is 0 Å². The molecule has 14 heteroatoms. The maximum Gasteiger partial charge on any atom is 0.270 e. The van der Waals surface area contributed by atoms with Crippen LogP contribution in [0.25, 0.3) is 0 Å². The zero-order chi connectivity index (χ0) is 29.7. The van der Waals surface area contributed by atoms with E-state index in [9.17, 15) is 15.2 Å². The minimum absolute atomic E-state index is 0.0413. The quantitative estimate of drug-likeness (QED) is 0.380. The predicted molar refractivity (Wildman–Crippen MR) is 152 cm³/mol. The Morgan fingerprint density at radius 3 is 1.07 bits per heavy atom. The van der Waals surface area contributed by atoms with Crippen molar-refractivity contribution in [1.29, 1.82) is 0 Å². The smallest absolute Gasteiger partial charge is 0.270 e. The molecular weight excluding hydrogens is 554 g/mol. The minimum atomic E-state index is -0.428. The third kappa shape index (κ3) is 14.5. The number of aromatic hydroxyl groups is 1. The molecule has 0 atom stereocenters. The number of non-ortho nitro benzene ring substituents is 1. The molecule has 1 aromatic rings. The molecule has 240 valence electrons. The van der Waals surface area contributed by atoms with Crippen LogP contribution in [-0.4, -0.2) is 152 Å². The summed E-state index contributed by atoms with van der Waals surface area (Å²) in [5.74, 6) is 0.0413. The summed E-state index contributed by atoms with van der Waals surface area (Å²) in [6.07, 6.45) is 0. The number of nitro groups is 1. The highest BCUT2D eigenvalue weighted by atomic mass is 16.6. The van der Waals surface area contributed by atoms with Gasteiger partial charge in [-0.3, -0.25) is 19.9 Å². The van der Waals surface area contributed by atoms with E-state index < -0.39 is 4.92 Å². The standard InChI is InChI=1S/C28H47N3O11/c32-28-25(23-29-1-5-35-9-13-39-17-18-40-14-10-36-6-2-29)21-27(31(33)34)22-26(28)24-30-3-7-37-11-15-41-19-20-42-16-12-38-8-4-30/h21-22,32H,1-20,23-24H2. The number of benzene rings is 1. The molecular formula is C28H47N3O11. The van der Waals surface area contributed by atoms with Gasteiger partial charge in [-0.15, -0.1) is 0 Å². The average molecular weight is 602 g/mol. The molecule has 2 heterocycles. The monoisotopic (exact) mass is 601 g/mol. The number of nitro benzene ring substituents is 1. The van der Waals surface area contributed by atoms with Gasteiger partial charge in [0, 0.05) is 62.5 Å². The van der Waals surface area contributed by atoms with Gasteiger partial charge in [-0.05, 0) is 0 Å². The van der Waals surface area contributed by atoms with E-state index in [0.717, 1.165) is 0 Å². The zero-order valence-corrected chi connectivity index (χ0v) is 24.6. The van der Waals surface area contributed by atoms with Crippen molar-refractivity contribution in [2.24, 2.45) is 0 Å². The molecule has 3 rings (SSSR count). The zero-order valence-electron chi connectivity index (χ0n) is 24.6. The van der Waals surface area contributed by atoms with Crippen molar-refractivity contribution in [1.82, 2.24) is 9.80 Å². The highest BCUT2D eigenvalue weighted by Crippen LogP contribution is 2.30. The lowest BCUT2D eigenvalue weighted by Crippen LogP contribution is -2.32. The molecule has 1 N–H and O–H groups in total. The van der Waals surface area contributed by atoms with Crippen LogP contribution in [0.2, 0.25) is 0 Å². The molecule has 2 aliphatic rings. The van der Waals surface area contributed by atoms with Crippen LogP contribution in [0.15, 0.2) is 12.1 Å². The summed E-state index contributed by atoms with van der Waals surface area (Å²) in [7, 11) is 0. The van der Waals surface area contributed by atoms with Crippen LogP contribution in [0.5, 0.6) is 5.75 Å². The first-order chi connectivity index (χ1) is 20.6. The van der Waals surface area contributed by atoms with E-state index in [4.69, 9.17) is 37.9 Å². The summed E-state index contributed by atoms with van der Waals surface area (Å²) in [5, 5.41) is 23.2. The Hall–Kier alpha value is -1.98. The molecule has 0 aliphatic carbocycles. The molecule has 2 aliphatic heterocycles. The SMILES string of the molecule is O=[N+]([O-])c1cc(CN2CCOCCOCCOCCOCC2)c(O)c(CN2CCOCCOCCOCCOCC2)c1. The van der Waals surface area contributed by atoms with Gasteiger partial charge >= 0.3 is 0 Å². The number of phenolic OH excluding ortho intramolecular Hbond substituents is 1. The normalized spacial score (nSPS) is 21.8. The Bertz CT molecular complexity index is 788. The van der Waals surface area contributed by atoms with E-state index in [-0.39, 0.29) is 11.4 Å². The molecule has 0 bridgehead atoms. The lowest BCUT2D eigenvalue weighted by atomic mass is 10.1. The Kier molecular flexibility index (Phi) is 17.8. The van der Waals surface area contributed by atoms with Gasteiger partial charge in [-0.25, -0.2) is 0 Å². The van der Waals surface area contributed by atoms with Gasteiger partial charge in [0.15, 0.2) is 0 Å². The van der Waals surface area contributed by atoms with Crippen LogP contribution < -0.4 is 0 Å². The van der Waals surface area contributed by atoms with E-state index in [2.05, 4.69) is 9.80 Å². The Balaban J connectivity index is 1.69. The second-order valence-electron chi connectivity index (χ2n) is 9.82. The van der Waals surface area contributed by atoms with Gasteiger partial charge in [0.05, 0.1) is 111 Å². The van der Waals surface area contributed by atoms with E-state index in [0.29, 0.717) is 156 Å². The van der Waals surface area contributed by atoms with Gasteiger partial charge in [-0.1, -0.05) is 0 Å². The first kappa shape index (κ1) is 34.5. The maximum absolute atomic E-state index is 11.9. The Morgan fingerprint density at radius 1 is 0.548 bits per heavy atom. The average Bonchev–Trinajstić information content (AvgIpc) is 2.99. The van der Waals surface area contributed by atoms with Crippen molar-refractivity contribution in [3.8, 4) is 5.75 Å². The van der Waals surface area contributed by atoms with Crippen molar-refractivity contribution < 1.29 is 47.9 Å². The van der Waals surface area contributed by atoms with E-state index in [1.54, 1.807) is 0 Å². The third-order valence-electron chi connectivity index (χ3n) is 6.69. The number of phenols is 1. The fraction of sp³-hybridized carbons (Fsp3) is 0.786. The van der Waals surface area contributed by atoms with Gasteiger partial charge in [0.1, 0.15) is 5.75 Å². The largest absolute Gasteiger partial charge is 0.507 e. The van der Waals surface area contributed by atoms with Crippen molar-refractivity contribution in [3.63, 3.8) is 0 Å². The topological polar surface area (TPSA) is 144 Å². The molecule has 0 unspecified atom stereocenters. The molecule has 1 aromatic carbocycles. The highest BCUT2D eigenvalue weighted by Gasteiger charge is 2.20. The molecule has 0 aromatic heterocycles. The van der Waals surface area contributed by atoms with Gasteiger partial charge < -0.3 is 43.0 Å². The predicted octanol–water partition coefficient (Wildman–Crippen LogP) is 1.06. The fourth-order valence-electron chi connectivity index (χ4n) is 4.41. The lowest BCUT2D eigenvalue weighted by Gasteiger charge is -2.25. The summed E-state index contributed by atoms with van der Waals surface area (Å²) in [5.41, 5.74) is 0.880. The highest BCUT2D eigenvalue weighted by molar-refractivity contribution is 5.49. The second kappa shape index (κ2) is 21.7. The summed E-state index contributed by atoms with van der Waals surface area (Å²) in [4.78, 5) is 15.5. The van der Waals surface area contributed by atoms with Gasteiger partial charge in [0.2, 0.25) is 0 Å². The lowest BCUT2D eigenvalue weighted by molar-refractivity contribution is -0.385.